The van der Waals surface area contributed by atoms with Crippen molar-refractivity contribution in [3.63, 3.8) is 0 Å². The minimum atomic E-state index is 0. The predicted octanol–water partition coefficient (Wildman–Crippen LogP) is 6.98. The fraction of sp³-hybridized carbons (Fsp3) is 0.758. The Bertz CT molecular complexity index is 1150. The summed E-state index contributed by atoms with van der Waals surface area (Å²) in [7, 11) is 4.15. The van der Waals surface area contributed by atoms with Crippen LogP contribution in [0.15, 0.2) is 0 Å². The van der Waals surface area contributed by atoms with Crippen LogP contribution in [0.1, 0.15) is 147 Å². The number of rotatable bonds is 6. The quantitative estimate of drug-likeness (QED) is 0.375. The van der Waals surface area contributed by atoms with E-state index < -0.39 is 0 Å². The van der Waals surface area contributed by atoms with E-state index in [1.165, 1.54) is 11.4 Å². The van der Waals surface area contributed by atoms with Crippen molar-refractivity contribution in [1.29, 1.82) is 0 Å². The van der Waals surface area contributed by atoms with Crippen molar-refractivity contribution in [2.45, 2.75) is 126 Å². The van der Waals surface area contributed by atoms with E-state index >= 15 is 0 Å². The van der Waals surface area contributed by atoms with Gasteiger partial charge in [0, 0.05) is 50.4 Å². The van der Waals surface area contributed by atoms with Gasteiger partial charge in [0.05, 0.1) is 23.5 Å². The van der Waals surface area contributed by atoms with E-state index in [2.05, 4.69) is 64.8 Å². The van der Waals surface area contributed by atoms with Crippen molar-refractivity contribution in [3.8, 4) is 0 Å². The van der Waals surface area contributed by atoms with E-state index in [1.54, 1.807) is 0 Å². The molecule has 2 unspecified atom stereocenters. The van der Waals surface area contributed by atoms with E-state index in [-0.39, 0.29) is 43.2 Å². The molecule has 2 aliphatic rings. The predicted molar refractivity (Wildman–Crippen MR) is 168 cm³/mol. The first-order valence-electron chi connectivity index (χ1n) is 15.4. The number of amides is 2. The van der Waals surface area contributed by atoms with Gasteiger partial charge in [-0.3, -0.25) is 9.59 Å². The van der Waals surface area contributed by atoms with Gasteiger partial charge in [-0.2, -0.15) is 0 Å². The SMILES string of the molecule is C.Cc1c(C(C)C)nc(C2CCCN2C(=O)C(C)C)n1C.Cc1nc(C2CCCN2C(=O)C(C)C)n(C)c1C(C)C. The molecule has 2 aromatic rings. The van der Waals surface area contributed by atoms with Gasteiger partial charge < -0.3 is 18.9 Å². The molecule has 8 heteroatoms. The van der Waals surface area contributed by atoms with E-state index in [1.807, 2.05) is 37.5 Å². The van der Waals surface area contributed by atoms with Crippen molar-refractivity contribution >= 4 is 11.8 Å². The Morgan fingerprint density at radius 2 is 1.15 bits per heavy atom. The van der Waals surface area contributed by atoms with Crippen LogP contribution in [0.4, 0.5) is 0 Å². The zero-order chi connectivity index (χ0) is 30.0. The maximum Gasteiger partial charge on any atom is 0.225 e. The van der Waals surface area contributed by atoms with Crippen molar-refractivity contribution in [1.82, 2.24) is 28.9 Å². The number of likely N-dealkylation sites (tertiary alicyclic amines) is 2. The highest BCUT2D eigenvalue weighted by Crippen LogP contribution is 2.35. The second-order valence-electron chi connectivity index (χ2n) is 13.0. The maximum absolute atomic E-state index is 12.4. The summed E-state index contributed by atoms with van der Waals surface area (Å²) >= 11 is 0. The molecule has 0 N–H and O–H groups in total. The molecule has 2 saturated heterocycles. The van der Waals surface area contributed by atoms with Crippen molar-refractivity contribution in [2.24, 2.45) is 25.9 Å². The van der Waals surface area contributed by atoms with Crippen LogP contribution in [0.3, 0.4) is 0 Å². The van der Waals surface area contributed by atoms with Crippen molar-refractivity contribution in [2.75, 3.05) is 13.1 Å². The van der Waals surface area contributed by atoms with Crippen molar-refractivity contribution < 1.29 is 9.59 Å². The molecule has 4 heterocycles. The summed E-state index contributed by atoms with van der Waals surface area (Å²) < 4.78 is 4.38. The number of imidazole rings is 2. The standard InChI is InChI=1S/2C16H27N3O.CH4/c1-10(2)14-12(5)18(6)15(17-14)13-8-7-9-19(13)16(20)11(3)4;1-10(2)14-12(5)17-15(18(14)6)13-8-7-9-19(13)16(20)11(3)4;/h2*10-11,13H,7-9H2,1-6H3;1H4. The third kappa shape index (κ3) is 7.06. The largest absolute Gasteiger partial charge is 0.333 e. The topological polar surface area (TPSA) is 76.3 Å². The van der Waals surface area contributed by atoms with Crippen LogP contribution >= 0.6 is 0 Å². The highest BCUT2D eigenvalue weighted by molar-refractivity contribution is 5.79. The fourth-order valence-corrected chi connectivity index (χ4v) is 6.50. The lowest BCUT2D eigenvalue weighted by molar-refractivity contribution is -0.136. The summed E-state index contributed by atoms with van der Waals surface area (Å²) in [5.41, 5.74) is 4.76. The molecule has 232 valence electrons. The molecule has 2 atom stereocenters. The Labute approximate surface area is 249 Å². The Kier molecular flexibility index (Phi) is 11.8. The summed E-state index contributed by atoms with van der Waals surface area (Å²) in [4.78, 5) is 38.4. The Morgan fingerprint density at radius 3 is 1.49 bits per heavy atom. The Balaban J connectivity index is 0.000000280. The average molecular weight is 571 g/mol. The number of hydrogen-bond acceptors (Lipinski definition) is 4. The molecule has 0 aliphatic carbocycles. The molecule has 4 rings (SSSR count). The van der Waals surface area contributed by atoms with Gasteiger partial charge in [0.1, 0.15) is 11.6 Å². The van der Waals surface area contributed by atoms with Gasteiger partial charge in [-0.25, -0.2) is 9.97 Å². The highest BCUT2D eigenvalue weighted by atomic mass is 16.2. The summed E-state index contributed by atoms with van der Waals surface area (Å²) in [6.45, 7) is 22.5. The first-order chi connectivity index (χ1) is 18.7. The molecule has 41 heavy (non-hydrogen) atoms. The molecule has 0 bridgehead atoms. The smallest absolute Gasteiger partial charge is 0.225 e. The summed E-state index contributed by atoms with van der Waals surface area (Å²) in [6.07, 6.45) is 4.21. The van der Waals surface area contributed by atoms with Gasteiger partial charge in [-0.15, -0.1) is 0 Å². The van der Waals surface area contributed by atoms with Crippen LogP contribution < -0.4 is 0 Å². The summed E-state index contributed by atoms with van der Waals surface area (Å²) in [5.74, 6) is 3.60. The average Bonchev–Trinajstić information content (AvgIpc) is 3.65. The van der Waals surface area contributed by atoms with Gasteiger partial charge in [-0.1, -0.05) is 62.8 Å². The zero-order valence-corrected chi connectivity index (χ0v) is 27.2. The molecule has 0 saturated carbocycles. The molecule has 2 aliphatic heterocycles. The van der Waals surface area contributed by atoms with Crippen LogP contribution in [0.2, 0.25) is 0 Å². The lowest BCUT2D eigenvalue weighted by atomic mass is 10.1. The van der Waals surface area contributed by atoms with Gasteiger partial charge >= 0.3 is 0 Å². The third-order valence-corrected chi connectivity index (χ3v) is 8.56. The number of aryl methyl sites for hydroxylation is 1. The Hall–Kier alpha value is -2.64. The summed E-state index contributed by atoms with van der Waals surface area (Å²) in [6, 6.07) is 0.308. The molecular formula is C33H58N6O2. The molecule has 2 aromatic heterocycles. The van der Waals surface area contributed by atoms with Crippen LogP contribution in [0, 0.1) is 25.7 Å². The second kappa shape index (κ2) is 14.0. The van der Waals surface area contributed by atoms with Crippen LogP contribution in [-0.4, -0.2) is 53.8 Å². The van der Waals surface area contributed by atoms with Crippen LogP contribution in [0.25, 0.3) is 0 Å². The van der Waals surface area contributed by atoms with Gasteiger partial charge in [0.2, 0.25) is 11.8 Å². The number of aromatic nitrogens is 4. The lowest BCUT2D eigenvalue weighted by Gasteiger charge is -2.26. The van der Waals surface area contributed by atoms with Gasteiger partial charge in [-0.05, 0) is 51.4 Å². The second-order valence-corrected chi connectivity index (χ2v) is 13.0. The monoisotopic (exact) mass is 570 g/mol. The molecule has 2 amide bonds. The number of carbonyl (C=O) groups excluding carboxylic acids is 2. The number of hydrogen-bond donors (Lipinski definition) is 0. The number of nitrogens with zero attached hydrogens (tertiary/aromatic N) is 6. The molecule has 0 aromatic carbocycles. The molecule has 0 spiro atoms. The van der Waals surface area contributed by atoms with Gasteiger partial charge in [0.15, 0.2) is 0 Å². The minimum Gasteiger partial charge on any atom is -0.333 e. The maximum atomic E-state index is 12.4. The van der Waals surface area contributed by atoms with E-state index in [0.717, 1.165) is 61.8 Å². The first-order valence-corrected chi connectivity index (χ1v) is 15.4. The van der Waals surface area contributed by atoms with Crippen LogP contribution in [-0.2, 0) is 23.7 Å². The van der Waals surface area contributed by atoms with E-state index in [0.29, 0.717) is 11.8 Å². The van der Waals surface area contributed by atoms with Crippen LogP contribution in [0.5, 0.6) is 0 Å². The zero-order valence-electron chi connectivity index (χ0n) is 27.2. The van der Waals surface area contributed by atoms with E-state index in [9.17, 15) is 9.59 Å². The third-order valence-electron chi connectivity index (χ3n) is 8.56. The normalized spacial score (nSPS) is 18.9. The molecule has 8 nitrogen and oxygen atoms in total. The molecule has 2 fully saturated rings. The fourth-order valence-electron chi connectivity index (χ4n) is 6.50. The van der Waals surface area contributed by atoms with E-state index in [4.69, 9.17) is 9.97 Å². The van der Waals surface area contributed by atoms with Gasteiger partial charge in [0.25, 0.3) is 0 Å². The minimum absolute atomic E-state index is 0. The summed E-state index contributed by atoms with van der Waals surface area (Å²) in [5, 5.41) is 0. The number of carbonyl (C=O) groups is 2. The highest BCUT2D eigenvalue weighted by Gasteiger charge is 2.36. The Morgan fingerprint density at radius 1 is 0.707 bits per heavy atom. The molecule has 0 radical (unpaired) electrons. The first kappa shape index (κ1) is 34.6. The molecular weight excluding hydrogens is 512 g/mol. The van der Waals surface area contributed by atoms with Crippen molar-refractivity contribution in [3.05, 3.63) is 34.4 Å². The lowest BCUT2D eigenvalue weighted by Crippen LogP contribution is -2.34.